The Balaban J connectivity index is 2.24. The van der Waals surface area contributed by atoms with Gasteiger partial charge in [0.25, 0.3) is 0 Å². The van der Waals surface area contributed by atoms with Crippen LogP contribution in [0.1, 0.15) is 17.2 Å². The van der Waals surface area contributed by atoms with Crippen LogP contribution in [0.25, 0.3) is 0 Å². The molecule has 2 heterocycles. The molecule has 2 N–H and O–H groups in total. The van der Waals surface area contributed by atoms with Crippen LogP contribution in [0.3, 0.4) is 0 Å². The lowest BCUT2D eigenvalue weighted by Gasteiger charge is -2.24. The summed E-state index contributed by atoms with van der Waals surface area (Å²) in [6.45, 7) is 4.50. The molecule has 76 valence electrons. The molecule has 0 amide bonds. The minimum absolute atomic E-state index is 0.0520. The number of aryl methyl sites for hydroxylation is 1. The number of aromatic nitrogens is 1. The third-order valence-corrected chi connectivity index (χ3v) is 2.42. The Hall–Kier alpha value is -1.00. The number of piperazine rings is 1. The normalized spacial score (nSPS) is 22.3. The molecular formula is C10H14FN3. The molecule has 0 saturated carbocycles. The van der Waals surface area contributed by atoms with Gasteiger partial charge in [-0.1, -0.05) is 0 Å². The number of nitrogens with zero attached hydrogens (tertiary/aromatic N) is 1. The minimum atomic E-state index is -0.364. The number of pyridine rings is 1. The van der Waals surface area contributed by atoms with E-state index in [-0.39, 0.29) is 12.0 Å². The smallest absolute Gasteiger partial charge is 0.217 e. The Kier molecular flexibility index (Phi) is 2.74. The van der Waals surface area contributed by atoms with Crippen molar-refractivity contribution in [3.63, 3.8) is 0 Å². The average Bonchev–Trinajstić information content (AvgIpc) is 2.23. The number of hydrogen-bond acceptors (Lipinski definition) is 3. The highest BCUT2D eigenvalue weighted by molar-refractivity contribution is 5.22. The van der Waals surface area contributed by atoms with E-state index >= 15 is 0 Å². The van der Waals surface area contributed by atoms with E-state index in [0.29, 0.717) is 5.56 Å². The Morgan fingerprint density at radius 3 is 3.07 bits per heavy atom. The fraction of sp³-hybridized carbons (Fsp3) is 0.500. The first-order valence-electron chi connectivity index (χ1n) is 4.83. The van der Waals surface area contributed by atoms with E-state index in [1.807, 2.05) is 13.0 Å². The predicted molar refractivity (Wildman–Crippen MR) is 52.5 cm³/mol. The van der Waals surface area contributed by atoms with Crippen molar-refractivity contribution in [2.75, 3.05) is 19.6 Å². The second kappa shape index (κ2) is 4.02. The lowest BCUT2D eigenvalue weighted by Crippen LogP contribution is -2.43. The zero-order chi connectivity index (χ0) is 9.97. The Morgan fingerprint density at radius 1 is 1.50 bits per heavy atom. The summed E-state index contributed by atoms with van der Waals surface area (Å²) in [7, 11) is 0. The first kappa shape index (κ1) is 9.55. The van der Waals surface area contributed by atoms with Crippen molar-refractivity contribution >= 4 is 0 Å². The summed E-state index contributed by atoms with van der Waals surface area (Å²) < 4.78 is 13.4. The van der Waals surface area contributed by atoms with Gasteiger partial charge in [0.05, 0.1) is 0 Å². The number of hydrogen-bond donors (Lipinski definition) is 2. The van der Waals surface area contributed by atoms with E-state index in [4.69, 9.17) is 0 Å². The van der Waals surface area contributed by atoms with E-state index in [1.54, 1.807) is 6.20 Å². The summed E-state index contributed by atoms with van der Waals surface area (Å²) in [5, 5.41) is 6.48. The molecule has 1 fully saturated rings. The van der Waals surface area contributed by atoms with Gasteiger partial charge in [0.1, 0.15) is 0 Å². The summed E-state index contributed by atoms with van der Waals surface area (Å²) in [5.74, 6) is -0.364. The maximum atomic E-state index is 13.4. The van der Waals surface area contributed by atoms with Gasteiger partial charge in [-0.15, -0.1) is 0 Å². The summed E-state index contributed by atoms with van der Waals surface area (Å²) in [6.07, 6.45) is 1.55. The summed E-state index contributed by atoms with van der Waals surface area (Å²) in [5.41, 5.74) is 1.66. The van der Waals surface area contributed by atoms with E-state index in [1.165, 1.54) is 0 Å². The molecule has 14 heavy (non-hydrogen) atoms. The predicted octanol–water partition coefficient (Wildman–Crippen LogP) is 0.763. The number of nitrogens with one attached hydrogen (secondary N) is 2. The van der Waals surface area contributed by atoms with Crippen LogP contribution in [-0.2, 0) is 0 Å². The standard InChI is InChI=1S/C10H14FN3/c1-7-4-8(10(11)14-5-7)9-6-12-2-3-13-9/h4-5,9,12-13H,2-3,6H2,1H3/t9-/m0/s1. The molecule has 4 heteroatoms. The SMILES string of the molecule is Cc1cnc(F)c([C@@H]2CNCCN2)c1. The number of halogens is 1. The number of rotatable bonds is 1. The van der Waals surface area contributed by atoms with Gasteiger partial charge in [-0.25, -0.2) is 4.98 Å². The molecule has 0 bridgehead atoms. The molecule has 1 aromatic rings. The van der Waals surface area contributed by atoms with E-state index in [2.05, 4.69) is 15.6 Å². The largest absolute Gasteiger partial charge is 0.314 e. The molecule has 0 aromatic carbocycles. The van der Waals surface area contributed by atoms with Crippen LogP contribution in [0.2, 0.25) is 0 Å². The van der Waals surface area contributed by atoms with Crippen LogP contribution in [0.5, 0.6) is 0 Å². The van der Waals surface area contributed by atoms with Gasteiger partial charge in [0.15, 0.2) is 0 Å². The van der Waals surface area contributed by atoms with Gasteiger partial charge < -0.3 is 10.6 Å². The van der Waals surface area contributed by atoms with Crippen molar-refractivity contribution in [2.24, 2.45) is 0 Å². The van der Waals surface area contributed by atoms with Crippen molar-refractivity contribution in [3.8, 4) is 0 Å². The molecule has 0 unspecified atom stereocenters. The van der Waals surface area contributed by atoms with E-state index in [9.17, 15) is 4.39 Å². The zero-order valence-electron chi connectivity index (χ0n) is 8.18. The van der Waals surface area contributed by atoms with E-state index in [0.717, 1.165) is 25.2 Å². The zero-order valence-corrected chi connectivity index (χ0v) is 8.18. The molecule has 1 aliphatic rings. The van der Waals surface area contributed by atoms with Crippen molar-refractivity contribution in [1.29, 1.82) is 0 Å². The second-order valence-electron chi connectivity index (χ2n) is 3.60. The highest BCUT2D eigenvalue weighted by Crippen LogP contribution is 2.17. The molecule has 1 aromatic heterocycles. The van der Waals surface area contributed by atoms with Crippen LogP contribution in [0, 0.1) is 12.9 Å². The maximum absolute atomic E-state index is 13.4. The van der Waals surface area contributed by atoms with Crippen LogP contribution >= 0.6 is 0 Å². The third kappa shape index (κ3) is 1.91. The first-order chi connectivity index (χ1) is 6.77. The molecule has 2 rings (SSSR count). The van der Waals surface area contributed by atoms with Gasteiger partial charge in [-0.05, 0) is 18.6 Å². The monoisotopic (exact) mass is 195 g/mol. The Labute approximate surface area is 82.7 Å². The molecule has 0 spiro atoms. The molecule has 1 aliphatic heterocycles. The third-order valence-electron chi connectivity index (χ3n) is 2.42. The summed E-state index contributed by atoms with van der Waals surface area (Å²) in [4.78, 5) is 3.72. The quantitative estimate of drug-likeness (QED) is 0.650. The maximum Gasteiger partial charge on any atom is 0.217 e. The van der Waals surface area contributed by atoms with Crippen molar-refractivity contribution in [1.82, 2.24) is 15.6 Å². The lowest BCUT2D eigenvalue weighted by molar-refractivity contribution is 0.411. The molecule has 3 nitrogen and oxygen atoms in total. The highest BCUT2D eigenvalue weighted by Gasteiger charge is 2.18. The molecule has 1 atom stereocenters. The molecular weight excluding hydrogens is 181 g/mol. The fourth-order valence-corrected chi connectivity index (χ4v) is 1.69. The van der Waals surface area contributed by atoms with Gasteiger partial charge in [-0.3, -0.25) is 0 Å². The fourth-order valence-electron chi connectivity index (χ4n) is 1.69. The van der Waals surface area contributed by atoms with E-state index < -0.39 is 0 Å². The minimum Gasteiger partial charge on any atom is -0.314 e. The lowest BCUT2D eigenvalue weighted by atomic mass is 10.1. The molecule has 1 saturated heterocycles. The van der Waals surface area contributed by atoms with Crippen LogP contribution in [-0.4, -0.2) is 24.6 Å². The van der Waals surface area contributed by atoms with Crippen molar-refractivity contribution in [3.05, 3.63) is 29.3 Å². The second-order valence-corrected chi connectivity index (χ2v) is 3.60. The van der Waals surface area contributed by atoms with Gasteiger partial charge in [-0.2, -0.15) is 4.39 Å². The van der Waals surface area contributed by atoms with Crippen molar-refractivity contribution in [2.45, 2.75) is 13.0 Å². The van der Waals surface area contributed by atoms with Crippen LogP contribution in [0.15, 0.2) is 12.3 Å². The van der Waals surface area contributed by atoms with Gasteiger partial charge >= 0.3 is 0 Å². The Bertz CT molecular complexity index is 321. The van der Waals surface area contributed by atoms with Gasteiger partial charge in [0, 0.05) is 37.4 Å². The van der Waals surface area contributed by atoms with Crippen molar-refractivity contribution < 1.29 is 4.39 Å². The molecule has 0 radical (unpaired) electrons. The Morgan fingerprint density at radius 2 is 2.36 bits per heavy atom. The topological polar surface area (TPSA) is 37.0 Å². The highest BCUT2D eigenvalue weighted by atomic mass is 19.1. The van der Waals surface area contributed by atoms with Gasteiger partial charge in [0.2, 0.25) is 5.95 Å². The molecule has 0 aliphatic carbocycles. The van der Waals surface area contributed by atoms with Crippen LogP contribution < -0.4 is 10.6 Å². The average molecular weight is 195 g/mol. The van der Waals surface area contributed by atoms with Crippen LogP contribution in [0.4, 0.5) is 4.39 Å². The first-order valence-corrected chi connectivity index (χ1v) is 4.83. The summed E-state index contributed by atoms with van der Waals surface area (Å²) >= 11 is 0. The summed E-state index contributed by atoms with van der Waals surface area (Å²) in [6, 6.07) is 1.91.